The van der Waals surface area contributed by atoms with Gasteiger partial charge in [-0.25, -0.2) is 0 Å². The lowest BCUT2D eigenvalue weighted by molar-refractivity contribution is -0.0673. The Hall–Kier alpha value is -0.120. The minimum Gasteiger partial charge on any atom is -0.379 e. The highest BCUT2D eigenvalue weighted by Gasteiger charge is 2.11. The zero-order valence-electron chi connectivity index (χ0n) is 17.0. The van der Waals surface area contributed by atoms with Gasteiger partial charge in [-0.15, -0.1) is 0 Å². The van der Waals surface area contributed by atoms with Gasteiger partial charge in [0.05, 0.1) is 13.2 Å². The molecule has 0 heterocycles. The van der Waals surface area contributed by atoms with Gasteiger partial charge in [0, 0.05) is 19.8 Å². The Morgan fingerprint density at radius 1 is 0.583 bits per heavy atom. The normalized spacial score (nSPS) is 11.8. The molecule has 0 saturated carbocycles. The summed E-state index contributed by atoms with van der Waals surface area (Å²) in [6.07, 6.45) is 12.9. The molecule has 24 heavy (non-hydrogen) atoms. The van der Waals surface area contributed by atoms with Crippen LogP contribution in [0.4, 0.5) is 0 Å². The first kappa shape index (κ1) is 23.9. The first-order valence-electron chi connectivity index (χ1n) is 10.5. The number of unbranched alkanes of at least 4 members (excludes halogenated alkanes) is 8. The maximum Gasteiger partial charge on any atom is 0.104 e. The molecule has 3 heteroatoms. The molecule has 0 N–H and O–H groups in total. The van der Waals surface area contributed by atoms with Gasteiger partial charge in [-0.05, 0) is 18.8 Å². The van der Waals surface area contributed by atoms with Crippen molar-refractivity contribution in [2.24, 2.45) is 5.92 Å². The van der Waals surface area contributed by atoms with Crippen molar-refractivity contribution in [1.82, 2.24) is 0 Å². The largest absolute Gasteiger partial charge is 0.379 e. The Morgan fingerprint density at radius 3 is 1.46 bits per heavy atom. The van der Waals surface area contributed by atoms with Gasteiger partial charge in [0.1, 0.15) is 6.10 Å². The third kappa shape index (κ3) is 18.2. The van der Waals surface area contributed by atoms with E-state index in [9.17, 15) is 0 Å². The molecule has 0 fully saturated rings. The van der Waals surface area contributed by atoms with Gasteiger partial charge in [-0.1, -0.05) is 79.1 Å². The summed E-state index contributed by atoms with van der Waals surface area (Å²) in [5.74, 6) is 0.551. The Labute approximate surface area is 151 Å². The second-order valence-electron chi connectivity index (χ2n) is 7.33. The molecule has 3 nitrogen and oxygen atoms in total. The van der Waals surface area contributed by atoms with Crippen LogP contribution in [0.5, 0.6) is 0 Å². The lowest BCUT2D eigenvalue weighted by atomic mass is 10.2. The van der Waals surface area contributed by atoms with Crippen molar-refractivity contribution in [3.63, 3.8) is 0 Å². The van der Waals surface area contributed by atoms with E-state index in [-0.39, 0.29) is 6.10 Å². The molecule has 0 bridgehead atoms. The summed E-state index contributed by atoms with van der Waals surface area (Å²) in [6.45, 7) is 12.7. The van der Waals surface area contributed by atoms with Crippen LogP contribution in [0.15, 0.2) is 0 Å². The van der Waals surface area contributed by atoms with Gasteiger partial charge < -0.3 is 14.2 Å². The highest BCUT2D eigenvalue weighted by Crippen LogP contribution is 2.06. The summed E-state index contributed by atoms with van der Waals surface area (Å²) in [4.78, 5) is 0. The van der Waals surface area contributed by atoms with Crippen molar-refractivity contribution in [2.45, 2.75) is 98.0 Å². The SMILES string of the molecule is CCCCCCCOCC(COCCCCCCC)OCC(C)C. The fraction of sp³-hybridized carbons (Fsp3) is 1.00. The second-order valence-corrected chi connectivity index (χ2v) is 7.33. The summed E-state index contributed by atoms with van der Waals surface area (Å²) < 4.78 is 17.6. The molecule has 0 aliphatic rings. The second kappa shape index (κ2) is 19.2. The molecule has 0 aliphatic carbocycles. The molecule has 0 rings (SSSR count). The van der Waals surface area contributed by atoms with Gasteiger partial charge in [0.2, 0.25) is 0 Å². The van der Waals surface area contributed by atoms with Crippen molar-refractivity contribution in [3.8, 4) is 0 Å². The molecular formula is C21H44O3. The van der Waals surface area contributed by atoms with E-state index in [1.165, 1.54) is 51.4 Å². The van der Waals surface area contributed by atoms with Crippen LogP contribution >= 0.6 is 0 Å². The summed E-state index contributed by atoms with van der Waals surface area (Å²) in [5.41, 5.74) is 0. The van der Waals surface area contributed by atoms with E-state index in [4.69, 9.17) is 14.2 Å². The Bertz CT molecular complexity index is 213. The molecule has 146 valence electrons. The average Bonchev–Trinajstić information content (AvgIpc) is 2.57. The molecular weight excluding hydrogens is 300 g/mol. The summed E-state index contributed by atoms with van der Waals surface area (Å²) >= 11 is 0. The Balaban J connectivity index is 3.68. The molecule has 0 aromatic carbocycles. The summed E-state index contributed by atoms with van der Waals surface area (Å²) in [5, 5.41) is 0. The standard InChI is InChI=1S/C21H44O3/c1-5-7-9-11-13-15-22-18-21(24-17-20(3)4)19-23-16-14-12-10-8-6-2/h20-21H,5-19H2,1-4H3. The van der Waals surface area contributed by atoms with Crippen molar-refractivity contribution in [2.75, 3.05) is 33.0 Å². The van der Waals surface area contributed by atoms with Crippen LogP contribution in [0, 0.1) is 5.92 Å². The topological polar surface area (TPSA) is 27.7 Å². The minimum atomic E-state index is 0.0821. The van der Waals surface area contributed by atoms with Gasteiger partial charge in [-0.2, -0.15) is 0 Å². The third-order valence-electron chi connectivity index (χ3n) is 4.06. The van der Waals surface area contributed by atoms with Crippen LogP contribution in [0.1, 0.15) is 91.9 Å². The van der Waals surface area contributed by atoms with E-state index in [0.717, 1.165) is 32.7 Å². The highest BCUT2D eigenvalue weighted by atomic mass is 16.6. The quantitative estimate of drug-likeness (QED) is 0.269. The predicted octanol–water partition coefficient (Wildman–Crippen LogP) is 6.00. The predicted molar refractivity (Wildman–Crippen MR) is 104 cm³/mol. The smallest absolute Gasteiger partial charge is 0.104 e. The monoisotopic (exact) mass is 344 g/mol. The van der Waals surface area contributed by atoms with Crippen LogP contribution in [-0.2, 0) is 14.2 Å². The lowest BCUT2D eigenvalue weighted by Gasteiger charge is -2.19. The highest BCUT2D eigenvalue weighted by molar-refractivity contribution is 4.57. The molecule has 0 atom stereocenters. The Morgan fingerprint density at radius 2 is 1.04 bits per heavy atom. The zero-order valence-corrected chi connectivity index (χ0v) is 17.0. The number of hydrogen-bond acceptors (Lipinski definition) is 3. The molecule has 0 saturated heterocycles. The van der Waals surface area contributed by atoms with Crippen molar-refractivity contribution in [3.05, 3.63) is 0 Å². The van der Waals surface area contributed by atoms with Crippen LogP contribution in [0.25, 0.3) is 0 Å². The first-order chi connectivity index (χ1) is 11.7. The maximum absolute atomic E-state index is 5.94. The van der Waals surface area contributed by atoms with Crippen LogP contribution in [-0.4, -0.2) is 39.1 Å². The molecule has 0 aromatic heterocycles. The summed E-state index contributed by atoms with van der Waals surface area (Å²) in [7, 11) is 0. The van der Waals surface area contributed by atoms with Gasteiger partial charge in [0.15, 0.2) is 0 Å². The van der Waals surface area contributed by atoms with Gasteiger partial charge >= 0.3 is 0 Å². The fourth-order valence-electron chi connectivity index (χ4n) is 2.52. The van der Waals surface area contributed by atoms with E-state index in [0.29, 0.717) is 19.1 Å². The van der Waals surface area contributed by atoms with Crippen molar-refractivity contribution >= 4 is 0 Å². The van der Waals surface area contributed by atoms with E-state index >= 15 is 0 Å². The van der Waals surface area contributed by atoms with E-state index < -0.39 is 0 Å². The van der Waals surface area contributed by atoms with Crippen LogP contribution in [0.3, 0.4) is 0 Å². The first-order valence-corrected chi connectivity index (χ1v) is 10.5. The van der Waals surface area contributed by atoms with Gasteiger partial charge in [-0.3, -0.25) is 0 Å². The fourth-order valence-corrected chi connectivity index (χ4v) is 2.52. The van der Waals surface area contributed by atoms with E-state index in [2.05, 4.69) is 27.7 Å². The summed E-state index contributed by atoms with van der Waals surface area (Å²) in [6, 6.07) is 0. The zero-order chi connectivity index (χ0) is 17.9. The average molecular weight is 345 g/mol. The van der Waals surface area contributed by atoms with E-state index in [1.54, 1.807) is 0 Å². The van der Waals surface area contributed by atoms with Crippen LogP contribution in [0.2, 0.25) is 0 Å². The van der Waals surface area contributed by atoms with E-state index in [1.807, 2.05) is 0 Å². The number of ether oxygens (including phenoxy) is 3. The van der Waals surface area contributed by atoms with Crippen molar-refractivity contribution in [1.29, 1.82) is 0 Å². The third-order valence-corrected chi connectivity index (χ3v) is 4.06. The molecule has 0 aliphatic heterocycles. The number of hydrogen-bond donors (Lipinski definition) is 0. The molecule has 0 radical (unpaired) electrons. The molecule has 0 aromatic rings. The Kier molecular flexibility index (Phi) is 19.1. The van der Waals surface area contributed by atoms with Gasteiger partial charge in [0.25, 0.3) is 0 Å². The van der Waals surface area contributed by atoms with Crippen molar-refractivity contribution < 1.29 is 14.2 Å². The molecule has 0 unspecified atom stereocenters. The molecule has 0 amide bonds. The maximum atomic E-state index is 5.94. The molecule has 0 spiro atoms. The number of rotatable bonds is 19. The lowest BCUT2D eigenvalue weighted by Crippen LogP contribution is -2.27. The minimum absolute atomic E-state index is 0.0821. The van der Waals surface area contributed by atoms with Crippen LogP contribution < -0.4 is 0 Å².